The van der Waals surface area contributed by atoms with Crippen LogP contribution in [0.3, 0.4) is 0 Å². The van der Waals surface area contributed by atoms with Gasteiger partial charge in [0, 0.05) is 12.6 Å². The maximum Gasteiger partial charge on any atom is 0.344 e. The second-order valence-corrected chi connectivity index (χ2v) is 3.87. The van der Waals surface area contributed by atoms with E-state index in [1.165, 1.54) is 4.90 Å². The Kier molecular flexibility index (Phi) is 5.81. The molecule has 0 saturated carbocycles. The van der Waals surface area contributed by atoms with E-state index < -0.39 is 5.91 Å². The van der Waals surface area contributed by atoms with Crippen LogP contribution < -0.4 is 0 Å². The Morgan fingerprint density at radius 2 is 2.21 bits per heavy atom. The van der Waals surface area contributed by atoms with E-state index in [0.29, 0.717) is 6.42 Å². The number of hydrogen-bond acceptors (Lipinski definition) is 1. The third-order valence-electron chi connectivity index (χ3n) is 2.53. The van der Waals surface area contributed by atoms with Crippen LogP contribution in [0.25, 0.3) is 5.53 Å². The van der Waals surface area contributed by atoms with Gasteiger partial charge < -0.3 is 10.4 Å². The van der Waals surface area contributed by atoms with Crippen LogP contribution in [-0.4, -0.2) is 34.9 Å². The van der Waals surface area contributed by atoms with Gasteiger partial charge in [-0.1, -0.05) is 36.1 Å². The van der Waals surface area contributed by atoms with Gasteiger partial charge in [-0.3, -0.25) is 4.79 Å². The van der Waals surface area contributed by atoms with Crippen molar-refractivity contribution in [3.63, 3.8) is 0 Å². The summed E-state index contributed by atoms with van der Waals surface area (Å²) in [4.78, 5) is 15.7. The summed E-state index contributed by atoms with van der Waals surface area (Å²) in [7, 11) is 1.61. The van der Waals surface area contributed by atoms with Gasteiger partial charge >= 0.3 is 12.1 Å². The number of amides is 1. The third-order valence-corrected chi connectivity index (χ3v) is 2.53. The lowest BCUT2D eigenvalue weighted by Crippen LogP contribution is -2.36. The zero-order valence-corrected chi connectivity index (χ0v) is 10.8. The summed E-state index contributed by atoms with van der Waals surface area (Å²) in [5.74, 6) is 5.62. The smallest absolute Gasteiger partial charge is 0.344 e. The van der Waals surface area contributed by atoms with Crippen molar-refractivity contribution in [2.45, 2.75) is 12.5 Å². The number of hydrogen-bond donors (Lipinski definition) is 0. The molecule has 1 aromatic rings. The Balaban J connectivity index is 2.90. The van der Waals surface area contributed by atoms with Crippen LogP contribution in [0.4, 0.5) is 0 Å². The van der Waals surface area contributed by atoms with Crippen LogP contribution in [0.15, 0.2) is 43.0 Å². The van der Waals surface area contributed by atoms with E-state index in [9.17, 15) is 4.79 Å². The van der Waals surface area contributed by atoms with Crippen molar-refractivity contribution >= 4 is 12.1 Å². The van der Waals surface area contributed by atoms with Gasteiger partial charge in [-0.2, -0.15) is 4.79 Å². The van der Waals surface area contributed by atoms with Crippen LogP contribution in [0.2, 0.25) is 0 Å². The molecule has 96 valence electrons. The molecule has 0 saturated heterocycles. The molecule has 1 rings (SSSR count). The fraction of sp³-hybridized carbons (Fsp3) is 0.200. The second-order valence-electron chi connectivity index (χ2n) is 3.87. The van der Waals surface area contributed by atoms with Crippen LogP contribution in [0.5, 0.6) is 0 Å². The molecule has 0 spiro atoms. The van der Waals surface area contributed by atoms with Gasteiger partial charge in [0.2, 0.25) is 0 Å². The highest BCUT2D eigenvalue weighted by atomic mass is 16.2. The summed E-state index contributed by atoms with van der Waals surface area (Å²) in [6, 6.07) is 9.21. The average molecular weight is 253 g/mol. The van der Waals surface area contributed by atoms with Gasteiger partial charge in [0.25, 0.3) is 0 Å². The minimum absolute atomic E-state index is 0.303. The number of nitrogens with zero attached hydrogens (tertiary/aromatic N) is 3. The first-order valence-corrected chi connectivity index (χ1v) is 5.80. The fourth-order valence-electron chi connectivity index (χ4n) is 1.45. The summed E-state index contributed by atoms with van der Waals surface area (Å²) in [6.07, 6.45) is 3.09. The zero-order chi connectivity index (χ0) is 14.1. The zero-order valence-electron chi connectivity index (χ0n) is 10.8. The Morgan fingerprint density at radius 1 is 1.53 bits per heavy atom. The standard InChI is InChI=1S/C15H15N3O/c1-3-7-14(18(2)15(19)12-17-16)11-10-13-8-5-4-6-9-13/h3-6,8-9,12,14H,1,7H2,2H3. The third kappa shape index (κ3) is 4.63. The van der Waals surface area contributed by atoms with Crippen molar-refractivity contribution in [3.05, 3.63) is 54.1 Å². The highest BCUT2D eigenvalue weighted by Crippen LogP contribution is 2.03. The molecule has 0 radical (unpaired) electrons. The minimum atomic E-state index is -0.406. The molecule has 1 amide bonds. The molecule has 4 heteroatoms. The molecule has 0 heterocycles. The van der Waals surface area contributed by atoms with E-state index in [-0.39, 0.29) is 6.04 Å². The molecule has 0 N–H and O–H groups in total. The van der Waals surface area contributed by atoms with Crippen molar-refractivity contribution in [2.24, 2.45) is 0 Å². The lowest BCUT2D eigenvalue weighted by molar-refractivity contribution is -0.127. The first-order valence-electron chi connectivity index (χ1n) is 5.80. The van der Waals surface area contributed by atoms with Gasteiger partial charge in [0.1, 0.15) is 0 Å². The SMILES string of the molecule is C=CCC(C#Cc1ccccc1)N(C)C(=O)C=[N+]=[N-]. The summed E-state index contributed by atoms with van der Waals surface area (Å²) in [5.41, 5.74) is 9.25. The first-order chi connectivity index (χ1) is 9.19. The van der Waals surface area contributed by atoms with Crippen LogP contribution in [0.1, 0.15) is 12.0 Å². The van der Waals surface area contributed by atoms with E-state index in [2.05, 4.69) is 23.2 Å². The molecule has 19 heavy (non-hydrogen) atoms. The normalized spacial score (nSPS) is 10.4. The largest absolute Gasteiger partial charge is 0.361 e. The first kappa shape index (κ1) is 14.4. The lowest BCUT2D eigenvalue weighted by atomic mass is 10.1. The molecule has 1 atom stereocenters. The van der Waals surface area contributed by atoms with Gasteiger partial charge in [-0.15, -0.1) is 6.58 Å². The maximum absolute atomic E-state index is 11.6. The van der Waals surface area contributed by atoms with Crippen molar-refractivity contribution in [3.8, 4) is 11.8 Å². The number of rotatable bonds is 4. The highest BCUT2D eigenvalue weighted by molar-refractivity contribution is 6.23. The lowest BCUT2D eigenvalue weighted by Gasteiger charge is -2.19. The molecule has 0 aliphatic rings. The molecule has 0 aliphatic heterocycles. The molecule has 1 aromatic carbocycles. The summed E-state index contributed by atoms with van der Waals surface area (Å²) >= 11 is 0. The van der Waals surface area contributed by atoms with Crippen molar-refractivity contribution < 1.29 is 9.58 Å². The second kappa shape index (κ2) is 7.65. The van der Waals surface area contributed by atoms with Crippen LogP contribution >= 0.6 is 0 Å². The summed E-state index contributed by atoms with van der Waals surface area (Å²) in [5, 5.41) is 0. The van der Waals surface area contributed by atoms with Gasteiger partial charge in [0.15, 0.2) is 0 Å². The quantitative estimate of drug-likeness (QED) is 0.265. The van der Waals surface area contributed by atoms with E-state index in [1.54, 1.807) is 13.1 Å². The molecule has 0 aromatic heterocycles. The van der Waals surface area contributed by atoms with E-state index in [1.807, 2.05) is 30.3 Å². The minimum Gasteiger partial charge on any atom is -0.361 e. The van der Waals surface area contributed by atoms with Crippen molar-refractivity contribution in [1.29, 1.82) is 0 Å². The monoisotopic (exact) mass is 253 g/mol. The maximum atomic E-state index is 11.6. The van der Waals surface area contributed by atoms with Gasteiger partial charge in [-0.05, 0) is 18.6 Å². The topological polar surface area (TPSA) is 56.7 Å². The fourth-order valence-corrected chi connectivity index (χ4v) is 1.45. The predicted octanol–water partition coefficient (Wildman–Crippen LogP) is 1.74. The van der Waals surface area contributed by atoms with Crippen molar-refractivity contribution in [1.82, 2.24) is 4.90 Å². The molecule has 0 fully saturated rings. The van der Waals surface area contributed by atoms with Crippen LogP contribution in [0, 0.1) is 11.8 Å². The Labute approximate surface area is 113 Å². The number of benzene rings is 1. The van der Waals surface area contributed by atoms with E-state index in [4.69, 9.17) is 5.53 Å². The molecule has 0 aliphatic carbocycles. The Morgan fingerprint density at radius 3 is 2.79 bits per heavy atom. The van der Waals surface area contributed by atoms with Gasteiger partial charge in [0.05, 0.1) is 6.04 Å². The number of carbonyl (C=O) groups is 1. The summed E-state index contributed by atoms with van der Waals surface area (Å²) in [6.45, 7) is 3.65. The molecule has 1 unspecified atom stereocenters. The van der Waals surface area contributed by atoms with E-state index in [0.717, 1.165) is 11.8 Å². The Hall–Kier alpha value is -2.63. The molecular weight excluding hydrogens is 238 g/mol. The molecular formula is C15H15N3O. The Bertz CT molecular complexity index is 548. The predicted molar refractivity (Wildman–Crippen MR) is 74.4 cm³/mol. The van der Waals surface area contributed by atoms with Crippen molar-refractivity contribution in [2.75, 3.05) is 7.05 Å². The van der Waals surface area contributed by atoms with E-state index >= 15 is 0 Å². The average Bonchev–Trinajstić information content (AvgIpc) is 2.44. The van der Waals surface area contributed by atoms with Gasteiger partial charge in [-0.25, -0.2) is 0 Å². The molecule has 0 bridgehead atoms. The molecule has 4 nitrogen and oxygen atoms in total. The highest BCUT2D eigenvalue weighted by Gasteiger charge is 2.17. The van der Waals surface area contributed by atoms with Crippen LogP contribution in [-0.2, 0) is 4.79 Å². The number of carbonyl (C=O) groups excluding carboxylic acids is 1. The summed E-state index contributed by atoms with van der Waals surface area (Å²) < 4.78 is 0.